The van der Waals surface area contributed by atoms with Crippen molar-refractivity contribution in [1.29, 1.82) is 0 Å². The molecule has 0 aliphatic carbocycles. The summed E-state index contributed by atoms with van der Waals surface area (Å²) in [5, 5.41) is 19.7. The van der Waals surface area contributed by atoms with Gasteiger partial charge in [-0.25, -0.2) is 8.42 Å². The lowest BCUT2D eigenvalue weighted by atomic mass is 10.3. The second-order valence-electron chi connectivity index (χ2n) is 2.68. The monoisotopic (exact) mass is 235 g/mol. The third kappa shape index (κ3) is 4.63. The lowest BCUT2D eigenvalue weighted by molar-refractivity contribution is -0.597. The molecule has 0 atom stereocenters. The number of rotatable bonds is 1. The molecule has 0 fully saturated rings. The number of nitrogens with two attached hydrogens (primary N) is 1. The molecule has 15 heavy (non-hydrogen) atoms. The van der Waals surface area contributed by atoms with E-state index in [1.54, 1.807) is 0 Å². The van der Waals surface area contributed by atoms with Crippen LogP contribution in [-0.4, -0.2) is 37.3 Å². The summed E-state index contributed by atoms with van der Waals surface area (Å²) in [5.74, 6) is -1.05. The Morgan fingerprint density at radius 3 is 2.07 bits per heavy atom. The van der Waals surface area contributed by atoms with E-state index in [1.165, 1.54) is 0 Å². The fourth-order valence-electron chi connectivity index (χ4n) is 0.703. The topological polar surface area (TPSA) is 114 Å². The van der Waals surface area contributed by atoms with Crippen LogP contribution in [0.5, 0.6) is 11.5 Å². The van der Waals surface area contributed by atoms with Gasteiger partial charge >= 0.3 is 0 Å². The van der Waals surface area contributed by atoms with Gasteiger partial charge in [0.15, 0.2) is 0 Å². The summed E-state index contributed by atoms with van der Waals surface area (Å²) in [7, 11) is -0.716. The third-order valence-corrected chi connectivity index (χ3v) is 2.08. The van der Waals surface area contributed by atoms with E-state index < -0.39 is 20.8 Å². The highest BCUT2D eigenvalue weighted by Crippen LogP contribution is 2.25. The molecular weight excluding hydrogens is 222 g/mol. The van der Waals surface area contributed by atoms with Crippen LogP contribution in [0.2, 0.25) is 0 Å². The molecule has 0 radical (unpaired) electrons. The minimum Gasteiger partial charge on any atom is -0.744 e. The van der Waals surface area contributed by atoms with E-state index in [-0.39, 0.29) is 5.75 Å². The Morgan fingerprint density at radius 2 is 1.73 bits per heavy atom. The highest BCUT2D eigenvalue weighted by molar-refractivity contribution is 7.85. The van der Waals surface area contributed by atoms with Crippen molar-refractivity contribution in [2.45, 2.75) is 4.90 Å². The average molecular weight is 235 g/mol. The first-order valence-electron chi connectivity index (χ1n) is 4.04. The number of hydrogen-bond donors (Lipinski definition) is 3. The Hall–Kier alpha value is -1.31. The molecule has 1 rings (SSSR count). The molecule has 0 bridgehead atoms. The number of quaternary nitrogens is 1. The molecule has 0 heterocycles. The zero-order valence-corrected chi connectivity index (χ0v) is 9.15. The van der Waals surface area contributed by atoms with Gasteiger partial charge in [0.25, 0.3) is 0 Å². The SMILES string of the molecule is C[NH2+]C.O=S(=O)([O-])c1cc(O)ccc1O. The molecule has 0 aliphatic heterocycles. The first kappa shape index (κ1) is 13.7. The zero-order valence-electron chi connectivity index (χ0n) is 8.34. The fourth-order valence-corrected chi connectivity index (χ4v) is 1.29. The molecule has 1 aromatic rings. The van der Waals surface area contributed by atoms with E-state index in [9.17, 15) is 13.0 Å². The molecule has 0 amide bonds. The molecule has 6 nitrogen and oxygen atoms in total. The molecule has 0 saturated carbocycles. The first-order chi connectivity index (χ1) is 6.82. The smallest absolute Gasteiger partial charge is 0.133 e. The summed E-state index contributed by atoms with van der Waals surface area (Å²) < 4.78 is 31.1. The maximum atomic E-state index is 10.4. The van der Waals surface area contributed by atoms with E-state index in [4.69, 9.17) is 10.2 Å². The lowest BCUT2D eigenvalue weighted by Gasteiger charge is -2.08. The largest absolute Gasteiger partial charge is 0.744 e. The van der Waals surface area contributed by atoms with Crippen LogP contribution in [0.3, 0.4) is 0 Å². The Kier molecular flexibility index (Phi) is 5.06. The summed E-state index contributed by atoms with van der Waals surface area (Å²) in [6.07, 6.45) is 0. The maximum absolute atomic E-state index is 10.4. The van der Waals surface area contributed by atoms with Gasteiger partial charge in [-0.1, -0.05) is 0 Å². The zero-order chi connectivity index (χ0) is 12.1. The van der Waals surface area contributed by atoms with Gasteiger partial charge in [-0.2, -0.15) is 0 Å². The van der Waals surface area contributed by atoms with Gasteiger partial charge in [0.1, 0.15) is 21.6 Å². The van der Waals surface area contributed by atoms with Gasteiger partial charge in [0.2, 0.25) is 0 Å². The minimum absolute atomic E-state index is 0.387. The van der Waals surface area contributed by atoms with Crippen LogP contribution in [0, 0.1) is 0 Å². The van der Waals surface area contributed by atoms with Crippen molar-refractivity contribution >= 4 is 10.1 Å². The first-order valence-corrected chi connectivity index (χ1v) is 5.45. The number of aromatic hydroxyl groups is 2. The van der Waals surface area contributed by atoms with Crippen LogP contribution in [0.4, 0.5) is 0 Å². The van der Waals surface area contributed by atoms with Crippen molar-refractivity contribution in [3.8, 4) is 11.5 Å². The van der Waals surface area contributed by atoms with Gasteiger partial charge in [-0.3, -0.25) is 0 Å². The molecule has 0 unspecified atom stereocenters. The molecule has 7 heteroatoms. The highest BCUT2D eigenvalue weighted by atomic mass is 32.2. The van der Waals surface area contributed by atoms with E-state index in [0.29, 0.717) is 6.07 Å². The van der Waals surface area contributed by atoms with Crippen molar-refractivity contribution in [1.82, 2.24) is 0 Å². The van der Waals surface area contributed by atoms with Crippen LogP contribution in [0.25, 0.3) is 0 Å². The fraction of sp³-hybridized carbons (Fsp3) is 0.250. The van der Waals surface area contributed by atoms with Crippen LogP contribution in [0.15, 0.2) is 23.1 Å². The normalized spacial score (nSPS) is 10.3. The predicted octanol–water partition coefficient (Wildman–Crippen LogP) is -1.19. The quantitative estimate of drug-likeness (QED) is 0.418. The number of hydrogen-bond acceptors (Lipinski definition) is 5. The van der Waals surface area contributed by atoms with Crippen molar-refractivity contribution in [2.24, 2.45) is 0 Å². The summed E-state index contributed by atoms with van der Waals surface area (Å²) in [6, 6.07) is 2.70. The molecule has 86 valence electrons. The van der Waals surface area contributed by atoms with Gasteiger partial charge in [-0.15, -0.1) is 0 Å². The minimum atomic E-state index is -4.72. The summed E-state index contributed by atoms with van der Waals surface area (Å²) in [6.45, 7) is 0. The van der Waals surface area contributed by atoms with Crippen molar-refractivity contribution in [2.75, 3.05) is 14.1 Å². The number of phenols is 2. The third-order valence-electron chi connectivity index (χ3n) is 1.21. The van der Waals surface area contributed by atoms with Crippen LogP contribution >= 0.6 is 0 Å². The van der Waals surface area contributed by atoms with Crippen LogP contribution in [-0.2, 0) is 10.1 Å². The van der Waals surface area contributed by atoms with E-state index in [1.807, 2.05) is 19.4 Å². The van der Waals surface area contributed by atoms with Crippen LogP contribution < -0.4 is 5.32 Å². The molecule has 0 aliphatic rings. The Bertz CT molecular complexity index is 415. The highest BCUT2D eigenvalue weighted by Gasteiger charge is 2.08. The van der Waals surface area contributed by atoms with Crippen molar-refractivity contribution in [3.05, 3.63) is 18.2 Å². The predicted molar refractivity (Wildman–Crippen MR) is 51.5 cm³/mol. The van der Waals surface area contributed by atoms with E-state index >= 15 is 0 Å². The standard InChI is InChI=1S/C6H6O5S.C2H7N/c7-4-1-2-5(8)6(3-4)12(9,10)11;1-3-2/h1-3,7-8H,(H,9,10,11);3H,1-2H3. The van der Waals surface area contributed by atoms with Gasteiger partial charge in [0.05, 0.1) is 19.0 Å². The molecule has 4 N–H and O–H groups in total. The number of benzene rings is 1. The summed E-state index contributed by atoms with van der Waals surface area (Å²) in [4.78, 5) is -0.817. The second-order valence-corrected chi connectivity index (χ2v) is 4.03. The Labute approximate surface area is 87.9 Å². The van der Waals surface area contributed by atoms with Crippen molar-refractivity contribution in [3.63, 3.8) is 0 Å². The van der Waals surface area contributed by atoms with E-state index in [2.05, 4.69) is 0 Å². The van der Waals surface area contributed by atoms with Crippen LogP contribution in [0.1, 0.15) is 0 Å². The number of phenolic OH excluding ortho intramolecular Hbond substituents is 2. The van der Waals surface area contributed by atoms with Gasteiger partial charge < -0.3 is 20.1 Å². The average Bonchev–Trinajstić information content (AvgIpc) is 2.09. The lowest BCUT2D eigenvalue weighted by Crippen LogP contribution is -2.74. The maximum Gasteiger partial charge on any atom is 0.133 e. The second kappa shape index (κ2) is 5.54. The Morgan fingerprint density at radius 1 is 1.27 bits per heavy atom. The van der Waals surface area contributed by atoms with Gasteiger partial charge in [0, 0.05) is 6.07 Å². The summed E-state index contributed by atoms with van der Waals surface area (Å²) >= 11 is 0. The molecular formula is C8H13NO5S. The molecule has 1 aromatic carbocycles. The van der Waals surface area contributed by atoms with E-state index in [0.717, 1.165) is 12.1 Å². The molecule has 0 aromatic heterocycles. The van der Waals surface area contributed by atoms with Gasteiger partial charge in [-0.05, 0) is 12.1 Å². The van der Waals surface area contributed by atoms with Crippen molar-refractivity contribution < 1.29 is 28.5 Å². The summed E-state index contributed by atoms with van der Waals surface area (Å²) in [5.41, 5.74) is 0. The molecule has 0 spiro atoms. The molecule has 0 saturated heterocycles. The Balaban J connectivity index is 0.000000583.